The second-order valence-electron chi connectivity index (χ2n) is 4.85. The first-order chi connectivity index (χ1) is 8.79. The molecule has 96 valence electrons. The van der Waals surface area contributed by atoms with Gasteiger partial charge in [0, 0.05) is 6.04 Å². The SMILES string of the molecule is CCCc1c(N)nnn1Cc1cncn1C1CC1. The van der Waals surface area contributed by atoms with Gasteiger partial charge in [-0.05, 0) is 19.3 Å². The number of anilines is 1. The molecule has 6 nitrogen and oxygen atoms in total. The zero-order valence-corrected chi connectivity index (χ0v) is 10.6. The van der Waals surface area contributed by atoms with E-state index in [0.717, 1.165) is 18.5 Å². The van der Waals surface area contributed by atoms with Gasteiger partial charge < -0.3 is 10.3 Å². The molecule has 18 heavy (non-hydrogen) atoms. The van der Waals surface area contributed by atoms with E-state index in [-0.39, 0.29) is 0 Å². The van der Waals surface area contributed by atoms with Gasteiger partial charge in [0.15, 0.2) is 5.82 Å². The molecule has 1 aliphatic carbocycles. The molecule has 2 aromatic heterocycles. The fraction of sp³-hybridized carbons (Fsp3) is 0.583. The zero-order chi connectivity index (χ0) is 12.5. The van der Waals surface area contributed by atoms with E-state index in [4.69, 9.17) is 5.73 Å². The van der Waals surface area contributed by atoms with E-state index < -0.39 is 0 Å². The third-order valence-corrected chi connectivity index (χ3v) is 3.35. The molecule has 1 saturated carbocycles. The Labute approximate surface area is 106 Å². The van der Waals surface area contributed by atoms with E-state index >= 15 is 0 Å². The van der Waals surface area contributed by atoms with Gasteiger partial charge in [0.05, 0.1) is 30.5 Å². The number of imidazole rings is 1. The molecule has 3 rings (SSSR count). The minimum Gasteiger partial charge on any atom is -0.381 e. The number of hydrogen-bond donors (Lipinski definition) is 1. The molecule has 0 saturated heterocycles. The Morgan fingerprint density at radius 1 is 1.44 bits per heavy atom. The monoisotopic (exact) mass is 246 g/mol. The molecular formula is C12H18N6. The lowest BCUT2D eigenvalue weighted by atomic mass is 10.2. The van der Waals surface area contributed by atoms with Gasteiger partial charge >= 0.3 is 0 Å². The Kier molecular flexibility index (Phi) is 2.77. The van der Waals surface area contributed by atoms with Crippen LogP contribution in [0.4, 0.5) is 5.82 Å². The molecule has 6 heteroatoms. The Morgan fingerprint density at radius 2 is 2.28 bits per heavy atom. The lowest BCUT2D eigenvalue weighted by Crippen LogP contribution is -2.11. The highest BCUT2D eigenvalue weighted by atomic mass is 15.4. The van der Waals surface area contributed by atoms with Crippen molar-refractivity contribution in [3.05, 3.63) is 23.9 Å². The maximum atomic E-state index is 5.85. The molecule has 0 amide bonds. The molecule has 0 radical (unpaired) electrons. The van der Waals surface area contributed by atoms with Crippen LogP contribution in [0.3, 0.4) is 0 Å². The van der Waals surface area contributed by atoms with Crippen LogP contribution in [0.25, 0.3) is 0 Å². The van der Waals surface area contributed by atoms with Crippen molar-refractivity contribution < 1.29 is 0 Å². The lowest BCUT2D eigenvalue weighted by molar-refractivity contribution is 0.574. The van der Waals surface area contributed by atoms with Crippen LogP contribution >= 0.6 is 0 Å². The number of nitrogen functional groups attached to an aromatic ring is 1. The molecule has 0 spiro atoms. The fourth-order valence-electron chi connectivity index (χ4n) is 2.26. The van der Waals surface area contributed by atoms with E-state index in [1.165, 1.54) is 18.5 Å². The number of nitrogens with two attached hydrogens (primary N) is 1. The molecule has 1 fully saturated rings. The van der Waals surface area contributed by atoms with E-state index in [0.29, 0.717) is 18.4 Å². The van der Waals surface area contributed by atoms with Gasteiger partial charge in [-0.25, -0.2) is 9.67 Å². The number of nitrogens with zero attached hydrogens (tertiary/aromatic N) is 5. The van der Waals surface area contributed by atoms with Crippen LogP contribution in [0.15, 0.2) is 12.5 Å². The maximum absolute atomic E-state index is 5.85. The summed E-state index contributed by atoms with van der Waals surface area (Å²) < 4.78 is 4.14. The predicted molar refractivity (Wildman–Crippen MR) is 68.0 cm³/mol. The van der Waals surface area contributed by atoms with Crippen LogP contribution < -0.4 is 5.73 Å². The Balaban J connectivity index is 1.85. The zero-order valence-electron chi connectivity index (χ0n) is 10.6. The first-order valence-electron chi connectivity index (χ1n) is 6.48. The van der Waals surface area contributed by atoms with Crippen molar-refractivity contribution in [2.24, 2.45) is 0 Å². The summed E-state index contributed by atoms with van der Waals surface area (Å²) in [6.45, 7) is 2.83. The van der Waals surface area contributed by atoms with E-state index in [1.807, 2.05) is 17.2 Å². The topological polar surface area (TPSA) is 74.6 Å². The first-order valence-corrected chi connectivity index (χ1v) is 6.48. The normalized spacial score (nSPS) is 15.2. The van der Waals surface area contributed by atoms with Crippen molar-refractivity contribution in [3.63, 3.8) is 0 Å². The summed E-state index contributed by atoms with van der Waals surface area (Å²) in [7, 11) is 0. The van der Waals surface area contributed by atoms with Gasteiger partial charge in [-0.3, -0.25) is 0 Å². The summed E-state index contributed by atoms with van der Waals surface area (Å²) in [5, 5.41) is 8.10. The Morgan fingerprint density at radius 3 is 3.00 bits per heavy atom. The van der Waals surface area contributed by atoms with Crippen molar-refractivity contribution in [3.8, 4) is 0 Å². The third-order valence-electron chi connectivity index (χ3n) is 3.35. The Hall–Kier alpha value is -1.85. The summed E-state index contributed by atoms with van der Waals surface area (Å²) in [6.07, 6.45) is 8.28. The van der Waals surface area contributed by atoms with E-state index in [1.54, 1.807) is 0 Å². The molecule has 2 heterocycles. The Bertz CT molecular complexity index is 537. The highest BCUT2D eigenvalue weighted by Crippen LogP contribution is 2.35. The van der Waals surface area contributed by atoms with Gasteiger partial charge in [-0.15, -0.1) is 5.10 Å². The van der Waals surface area contributed by atoms with Crippen LogP contribution in [-0.2, 0) is 13.0 Å². The van der Waals surface area contributed by atoms with Crippen molar-refractivity contribution in [2.75, 3.05) is 5.73 Å². The highest BCUT2D eigenvalue weighted by Gasteiger charge is 2.25. The second kappa shape index (κ2) is 4.44. The van der Waals surface area contributed by atoms with Crippen molar-refractivity contribution >= 4 is 5.82 Å². The van der Waals surface area contributed by atoms with Crippen LogP contribution in [0.2, 0.25) is 0 Å². The second-order valence-corrected chi connectivity index (χ2v) is 4.85. The maximum Gasteiger partial charge on any atom is 0.169 e. The minimum absolute atomic E-state index is 0.550. The van der Waals surface area contributed by atoms with Gasteiger partial charge in [0.1, 0.15) is 0 Å². The summed E-state index contributed by atoms with van der Waals surface area (Å²) in [5.41, 5.74) is 8.06. The summed E-state index contributed by atoms with van der Waals surface area (Å²) >= 11 is 0. The highest BCUT2D eigenvalue weighted by molar-refractivity contribution is 5.33. The first kappa shape index (κ1) is 11.3. The average Bonchev–Trinajstić information content (AvgIpc) is 3.02. The smallest absolute Gasteiger partial charge is 0.169 e. The fourth-order valence-corrected chi connectivity index (χ4v) is 2.26. The number of aromatic nitrogens is 5. The molecule has 0 bridgehead atoms. The number of rotatable bonds is 5. The molecule has 1 aliphatic rings. The summed E-state index contributed by atoms with van der Waals surface area (Å²) in [5.74, 6) is 0.550. The molecule has 0 atom stereocenters. The molecule has 2 N–H and O–H groups in total. The van der Waals surface area contributed by atoms with Crippen LogP contribution in [0.1, 0.15) is 43.6 Å². The molecular weight excluding hydrogens is 228 g/mol. The molecule has 2 aromatic rings. The van der Waals surface area contributed by atoms with Crippen molar-refractivity contribution in [2.45, 2.75) is 45.2 Å². The largest absolute Gasteiger partial charge is 0.381 e. The molecule has 0 aromatic carbocycles. The molecule has 0 unspecified atom stereocenters. The lowest BCUT2D eigenvalue weighted by Gasteiger charge is -2.08. The van der Waals surface area contributed by atoms with Gasteiger partial charge in [0.2, 0.25) is 0 Å². The average molecular weight is 246 g/mol. The summed E-state index contributed by atoms with van der Waals surface area (Å²) in [4.78, 5) is 4.23. The van der Waals surface area contributed by atoms with Gasteiger partial charge in [0.25, 0.3) is 0 Å². The summed E-state index contributed by atoms with van der Waals surface area (Å²) in [6, 6.07) is 0.637. The predicted octanol–water partition coefficient (Wildman–Crippen LogP) is 1.39. The van der Waals surface area contributed by atoms with Gasteiger partial charge in [-0.1, -0.05) is 18.6 Å². The van der Waals surface area contributed by atoms with Crippen molar-refractivity contribution in [1.82, 2.24) is 24.5 Å². The van der Waals surface area contributed by atoms with Crippen molar-refractivity contribution in [1.29, 1.82) is 0 Å². The number of hydrogen-bond acceptors (Lipinski definition) is 4. The van der Waals surface area contributed by atoms with Gasteiger partial charge in [-0.2, -0.15) is 0 Å². The minimum atomic E-state index is 0.550. The quantitative estimate of drug-likeness (QED) is 0.865. The third kappa shape index (κ3) is 1.98. The van der Waals surface area contributed by atoms with E-state index in [2.05, 4.69) is 26.8 Å². The van der Waals surface area contributed by atoms with E-state index in [9.17, 15) is 0 Å². The van der Waals surface area contributed by atoms with Crippen LogP contribution in [0.5, 0.6) is 0 Å². The standard InChI is InChI=1S/C12H18N6/c1-2-3-11-12(13)15-16-18(11)7-10-6-14-8-17(10)9-4-5-9/h6,8-9H,2-5,7,13H2,1H3. The van der Waals surface area contributed by atoms with Crippen LogP contribution in [0, 0.1) is 0 Å². The van der Waals surface area contributed by atoms with Crippen LogP contribution in [-0.4, -0.2) is 24.5 Å². The molecule has 0 aliphatic heterocycles.